The minimum absolute atomic E-state index is 0.0527. The molecule has 1 aromatic carbocycles. The highest BCUT2D eigenvalue weighted by Gasteiger charge is 2.03. The van der Waals surface area contributed by atoms with Gasteiger partial charge in [0.15, 0.2) is 0 Å². The van der Waals surface area contributed by atoms with Gasteiger partial charge in [-0.1, -0.05) is 28.1 Å². The zero-order valence-electron chi connectivity index (χ0n) is 6.70. The van der Waals surface area contributed by atoms with Crippen molar-refractivity contribution in [1.29, 1.82) is 0 Å². The summed E-state index contributed by atoms with van der Waals surface area (Å²) in [5.74, 6) is 0. The lowest BCUT2D eigenvalue weighted by molar-refractivity contribution is 0.276. The van der Waals surface area contributed by atoms with Crippen LogP contribution in [0.1, 0.15) is 18.0 Å². The highest BCUT2D eigenvalue weighted by molar-refractivity contribution is 9.10. The van der Waals surface area contributed by atoms with Gasteiger partial charge in [-0.3, -0.25) is 0 Å². The van der Waals surface area contributed by atoms with Crippen LogP contribution >= 0.6 is 15.9 Å². The molecule has 0 heterocycles. The number of aliphatic hydroxyl groups excluding tert-OH is 1. The van der Waals surface area contributed by atoms with Crippen LogP contribution in [-0.2, 0) is 0 Å². The zero-order chi connectivity index (χ0) is 8.97. The third kappa shape index (κ3) is 2.59. The average Bonchev–Trinajstić information content (AvgIpc) is 2.06. The van der Waals surface area contributed by atoms with Gasteiger partial charge in [-0.25, -0.2) is 0 Å². The third-order valence-electron chi connectivity index (χ3n) is 1.74. The quantitative estimate of drug-likeness (QED) is 0.832. The monoisotopic (exact) mass is 229 g/mol. The normalized spacial score (nSPS) is 12.9. The van der Waals surface area contributed by atoms with Gasteiger partial charge in [0.2, 0.25) is 0 Å². The van der Waals surface area contributed by atoms with Crippen molar-refractivity contribution in [2.75, 3.05) is 6.61 Å². The minimum atomic E-state index is -0.0527. The van der Waals surface area contributed by atoms with Gasteiger partial charge in [0.25, 0.3) is 0 Å². The summed E-state index contributed by atoms with van der Waals surface area (Å²) >= 11 is 3.34. The van der Waals surface area contributed by atoms with E-state index < -0.39 is 0 Å². The van der Waals surface area contributed by atoms with Gasteiger partial charge >= 0.3 is 0 Å². The lowest BCUT2D eigenvalue weighted by Gasteiger charge is -2.09. The largest absolute Gasteiger partial charge is 0.396 e. The summed E-state index contributed by atoms with van der Waals surface area (Å²) in [5, 5.41) is 8.66. The average molecular weight is 230 g/mol. The predicted octanol–water partition coefficient (Wildman–Crippen LogP) is 1.83. The lowest BCUT2D eigenvalue weighted by atomic mass is 10.1. The van der Waals surface area contributed by atoms with Gasteiger partial charge in [0.05, 0.1) is 0 Å². The first-order valence-corrected chi connectivity index (χ1v) is 4.65. The first-order valence-electron chi connectivity index (χ1n) is 3.86. The standard InChI is InChI=1S/C9H12BrNO/c10-8-3-1-7(2-4-8)9(11)5-6-12/h1-4,9,12H,5-6,11H2. The van der Waals surface area contributed by atoms with E-state index in [1.807, 2.05) is 24.3 Å². The molecule has 0 aliphatic rings. The van der Waals surface area contributed by atoms with Crippen LogP contribution in [0.25, 0.3) is 0 Å². The number of rotatable bonds is 3. The van der Waals surface area contributed by atoms with E-state index in [0.29, 0.717) is 6.42 Å². The molecule has 1 rings (SSSR count). The van der Waals surface area contributed by atoms with Crippen LogP contribution in [0, 0.1) is 0 Å². The number of hydrogen-bond acceptors (Lipinski definition) is 2. The Labute approximate surface area is 80.5 Å². The summed E-state index contributed by atoms with van der Waals surface area (Å²) in [5.41, 5.74) is 6.84. The molecule has 0 amide bonds. The van der Waals surface area contributed by atoms with Crippen molar-refractivity contribution in [3.8, 4) is 0 Å². The molecule has 3 heteroatoms. The molecule has 0 saturated heterocycles. The Morgan fingerprint density at radius 1 is 1.33 bits per heavy atom. The molecule has 3 N–H and O–H groups in total. The number of nitrogens with two attached hydrogens (primary N) is 1. The molecule has 1 unspecified atom stereocenters. The highest BCUT2D eigenvalue weighted by Crippen LogP contribution is 2.16. The van der Waals surface area contributed by atoms with Gasteiger partial charge in [0.1, 0.15) is 0 Å². The van der Waals surface area contributed by atoms with E-state index in [9.17, 15) is 0 Å². The Morgan fingerprint density at radius 3 is 2.42 bits per heavy atom. The molecule has 0 saturated carbocycles. The number of aliphatic hydroxyl groups is 1. The summed E-state index contributed by atoms with van der Waals surface area (Å²) < 4.78 is 1.04. The fraction of sp³-hybridized carbons (Fsp3) is 0.333. The molecule has 0 aromatic heterocycles. The van der Waals surface area contributed by atoms with E-state index in [2.05, 4.69) is 15.9 Å². The van der Waals surface area contributed by atoms with Crippen LogP contribution in [0.4, 0.5) is 0 Å². The van der Waals surface area contributed by atoms with Crippen molar-refractivity contribution in [2.24, 2.45) is 5.73 Å². The Bertz CT molecular complexity index is 235. The molecule has 0 bridgehead atoms. The predicted molar refractivity (Wildman–Crippen MR) is 52.8 cm³/mol. The number of hydrogen-bond donors (Lipinski definition) is 2. The van der Waals surface area contributed by atoms with Crippen molar-refractivity contribution >= 4 is 15.9 Å². The second-order valence-electron chi connectivity index (χ2n) is 2.67. The van der Waals surface area contributed by atoms with E-state index in [1.165, 1.54) is 0 Å². The first-order chi connectivity index (χ1) is 5.74. The maximum Gasteiger partial charge on any atom is 0.0449 e. The summed E-state index contributed by atoms with van der Waals surface area (Å²) in [6.07, 6.45) is 0.613. The van der Waals surface area contributed by atoms with Crippen molar-refractivity contribution in [2.45, 2.75) is 12.5 Å². The highest BCUT2D eigenvalue weighted by atomic mass is 79.9. The van der Waals surface area contributed by atoms with Crippen LogP contribution in [0.15, 0.2) is 28.7 Å². The van der Waals surface area contributed by atoms with Crippen LogP contribution in [0.2, 0.25) is 0 Å². The van der Waals surface area contributed by atoms with Gasteiger partial charge in [0, 0.05) is 17.1 Å². The molecular formula is C9H12BrNO. The molecule has 0 fully saturated rings. The molecule has 0 radical (unpaired) electrons. The molecule has 1 aromatic rings. The Balaban J connectivity index is 2.68. The van der Waals surface area contributed by atoms with Gasteiger partial charge in [-0.2, -0.15) is 0 Å². The topological polar surface area (TPSA) is 46.2 Å². The fourth-order valence-corrected chi connectivity index (χ4v) is 1.28. The SMILES string of the molecule is NC(CCO)c1ccc(Br)cc1. The van der Waals surface area contributed by atoms with E-state index >= 15 is 0 Å². The van der Waals surface area contributed by atoms with Crippen LogP contribution in [0.5, 0.6) is 0 Å². The van der Waals surface area contributed by atoms with Gasteiger partial charge in [-0.05, 0) is 24.1 Å². The third-order valence-corrected chi connectivity index (χ3v) is 2.27. The Kier molecular flexibility index (Phi) is 3.72. The number of benzene rings is 1. The lowest BCUT2D eigenvalue weighted by Crippen LogP contribution is -2.11. The zero-order valence-corrected chi connectivity index (χ0v) is 8.29. The van der Waals surface area contributed by atoms with Crippen molar-refractivity contribution < 1.29 is 5.11 Å². The second-order valence-corrected chi connectivity index (χ2v) is 3.59. The van der Waals surface area contributed by atoms with E-state index in [1.54, 1.807) is 0 Å². The summed E-state index contributed by atoms with van der Waals surface area (Å²) in [6, 6.07) is 7.77. The first kappa shape index (κ1) is 9.71. The van der Waals surface area contributed by atoms with Crippen LogP contribution in [0.3, 0.4) is 0 Å². The van der Waals surface area contributed by atoms with Gasteiger partial charge in [-0.15, -0.1) is 0 Å². The molecule has 0 spiro atoms. The molecule has 2 nitrogen and oxygen atoms in total. The molecule has 12 heavy (non-hydrogen) atoms. The Morgan fingerprint density at radius 2 is 1.92 bits per heavy atom. The molecule has 0 aliphatic heterocycles. The van der Waals surface area contributed by atoms with E-state index in [4.69, 9.17) is 10.8 Å². The fourth-order valence-electron chi connectivity index (χ4n) is 1.02. The summed E-state index contributed by atoms with van der Waals surface area (Å²) in [6.45, 7) is 0.136. The minimum Gasteiger partial charge on any atom is -0.396 e. The van der Waals surface area contributed by atoms with Gasteiger partial charge < -0.3 is 10.8 Å². The second kappa shape index (κ2) is 4.60. The van der Waals surface area contributed by atoms with Crippen molar-refractivity contribution in [3.63, 3.8) is 0 Å². The van der Waals surface area contributed by atoms with E-state index in [0.717, 1.165) is 10.0 Å². The van der Waals surface area contributed by atoms with Crippen molar-refractivity contribution in [3.05, 3.63) is 34.3 Å². The maximum absolute atomic E-state index is 8.66. The maximum atomic E-state index is 8.66. The van der Waals surface area contributed by atoms with Crippen LogP contribution in [-0.4, -0.2) is 11.7 Å². The summed E-state index contributed by atoms with van der Waals surface area (Å²) in [4.78, 5) is 0. The molecule has 66 valence electrons. The molecule has 0 aliphatic carbocycles. The molecular weight excluding hydrogens is 218 g/mol. The van der Waals surface area contributed by atoms with E-state index in [-0.39, 0.29) is 12.6 Å². The Hall–Kier alpha value is -0.380. The van der Waals surface area contributed by atoms with Crippen molar-refractivity contribution in [1.82, 2.24) is 0 Å². The smallest absolute Gasteiger partial charge is 0.0449 e. The number of halogens is 1. The van der Waals surface area contributed by atoms with Crippen LogP contribution < -0.4 is 5.73 Å². The molecule has 1 atom stereocenters. The summed E-state index contributed by atoms with van der Waals surface area (Å²) in [7, 11) is 0.